The van der Waals surface area contributed by atoms with Crippen molar-refractivity contribution in [2.24, 2.45) is 5.92 Å². The number of halogens is 1. The molecule has 3 amide bonds. The summed E-state index contributed by atoms with van der Waals surface area (Å²) in [5, 5.41) is 6.07. The van der Waals surface area contributed by atoms with E-state index >= 15 is 4.39 Å². The summed E-state index contributed by atoms with van der Waals surface area (Å²) in [5.41, 5.74) is 4.15. The Morgan fingerprint density at radius 2 is 1.61 bits per heavy atom. The average Bonchev–Trinajstić information content (AvgIpc) is 3.43. The molecular formula is C25H38FN5O5. The third-order valence-electron chi connectivity index (χ3n) is 5.51. The van der Waals surface area contributed by atoms with Crippen molar-refractivity contribution in [1.29, 1.82) is 0 Å². The van der Waals surface area contributed by atoms with Gasteiger partial charge in [-0.3, -0.25) is 10.2 Å². The second-order valence-electron chi connectivity index (χ2n) is 11.3. The Labute approximate surface area is 211 Å². The molecule has 1 atom stereocenters. The molecule has 36 heavy (non-hydrogen) atoms. The number of ether oxygens (including phenoxy) is 2. The van der Waals surface area contributed by atoms with Crippen LogP contribution < -0.4 is 26.4 Å². The van der Waals surface area contributed by atoms with Crippen LogP contribution in [0.15, 0.2) is 12.1 Å². The quantitative estimate of drug-likeness (QED) is 0.431. The fourth-order valence-corrected chi connectivity index (χ4v) is 3.80. The molecule has 0 aromatic heterocycles. The minimum atomic E-state index is -0.812. The molecule has 1 unspecified atom stereocenters. The van der Waals surface area contributed by atoms with E-state index in [2.05, 4.69) is 21.5 Å². The number of nitrogens with one attached hydrogen (secondary N) is 4. The van der Waals surface area contributed by atoms with Gasteiger partial charge in [0, 0.05) is 31.4 Å². The first-order valence-electron chi connectivity index (χ1n) is 12.3. The molecule has 4 N–H and O–H groups in total. The maximum atomic E-state index is 15.2. The molecule has 0 bridgehead atoms. The minimum absolute atomic E-state index is 0.0848. The van der Waals surface area contributed by atoms with E-state index in [0.29, 0.717) is 31.0 Å². The number of hydrazine groups is 1. The number of carbonyl (C=O) groups is 3. The number of benzene rings is 1. The van der Waals surface area contributed by atoms with Gasteiger partial charge < -0.3 is 25.0 Å². The summed E-state index contributed by atoms with van der Waals surface area (Å²) in [5.74, 6) is -1.06. The fourth-order valence-electron chi connectivity index (χ4n) is 3.80. The zero-order chi connectivity index (χ0) is 26.7. The molecule has 1 saturated heterocycles. The van der Waals surface area contributed by atoms with Gasteiger partial charge in [-0.05, 0) is 78.9 Å². The van der Waals surface area contributed by atoms with Crippen LogP contribution >= 0.6 is 0 Å². The first-order chi connectivity index (χ1) is 16.7. The summed E-state index contributed by atoms with van der Waals surface area (Å²) in [6.07, 6.45) is 1.42. The van der Waals surface area contributed by atoms with E-state index in [0.717, 1.165) is 19.3 Å². The Kier molecular flexibility index (Phi) is 8.20. The van der Waals surface area contributed by atoms with Gasteiger partial charge in [0.1, 0.15) is 17.0 Å². The number of anilines is 2. The van der Waals surface area contributed by atoms with Crippen molar-refractivity contribution >= 4 is 29.5 Å². The Morgan fingerprint density at radius 3 is 2.22 bits per heavy atom. The maximum absolute atomic E-state index is 15.2. The summed E-state index contributed by atoms with van der Waals surface area (Å²) in [4.78, 5) is 38.5. The molecule has 10 nitrogen and oxygen atoms in total. The highest BCUT2D eigenvalue weighted by Gasteiger charge is 2.29. The molecule has 1 aliphatic heterocycles. The Morgan fingerprint density at radius 1 is 0.972 bits per heavy atom. The minimum Gasteiger partial charge on any atom is -0.444 e. The van der Waals surface area contributed by atoms with Gasteiger partial charge in [-0.15, -0.1) is 0 Å². The fraction of sp³-hybridized carbons (Fsp3) is 0.640. The van der Waals surface area contributed by atoms with Crippen LogP contribution in [-0.2, 0) is 9.47 Å². The molecule has 2 fully saturated rings. The number of hydrogen-bond acceptors (Lipinski definition) is 7. The number of carbonyl (C=O) groups excluding carboxylic acids is 3. The molecule has 1 aliphatic carbocycles. The lowest BCUT2D eigenvalue weighted by Crippen LogP contribution is -2.44. The lowest BCUT2D eigenvalue weighted by molar-refractivity contribution is 0.0481. The molecule has 200 valence electrons. The van der Waals surface area contributed by atoms with Crippen LogP contribution in [0.5, 0.6) is 0 Å². The summed E-state index contributed by atoms with van der Waals surface area (Å²) in [6.45, 7) is 12.1. The Balaban J connectivity index is 1.65. The summed E-state index contributed by atoms with van der Waals surface area (Å²) >= 11 is 0. The molecule has 1 aromatic rings. The van der Waals surface area contributed by atoms with Crippen LogP contribution in [0.1, 0.15) is 71.2 Å². The third-order valence-corrected chi connectivity index (χ3v) is 5.51. The van der Waals surface area contributed by atoms with Crippen LogP contribution in [0, 0.1) is 11.7 Å². The van der Waals surface area contributed by atoms with E-state index in [9.17, 15) is 14.4 Å². The number of hydrogen-bond donors (Lipinski definition) is 4. The highest BCUT2D eigenvalue weighted by Crippen LogP contribution is 2.34. The van der Waals surface area contributed by atoms with Gasteiger partial charge in [-0.2, -0.15) is 0 Å². The molecule has 1 heterocycles. The van der Waals surface area contributed by atoms with Gasteiger partial charge in [0.25, 0.3) is 5.91 Å². The van der Waals surface area contributed by atoms with E-state index < -0.39 is 35.1 Å². The van der Waals surface area contributed by atoms with E-state index in [1.165, 1.54) is 6.07 Å². The third kappa shape index (κ3) is 8.46. The van der Waals surface area contributed by atoms with Gasteiger partial charge in [0.05, 0.1) is 11.3 Å². The number of rotatable bonds is 6. The zero-order valence-corrected chi connectivity index (χ0v) is 21.9. The predicted octanol–water partition coefficient (Wildman–Crippen LogP) is 3.92. The van der Waals surface area contributed by atoms with Crippen molar-refractivity contribution in [3.63, 3.8) is 0 Å². The Hall–Kier alpha value is -3.24. The first kappa shape index (κ1) is 27.3. The number of amides is 3. The summed E-state index contributed by atoms with van der Waals surface area (Å²) in [7, 11) is 0. The summed E-state index contributed by atoms with van der Waals surface area (Å²) in [6, 6.07) is 3.04. The second-order valence-corrected chi connectivity index (χ2v) is 11.3. The van der Waals surface area contributed by atoms with E-state index in [1.54, 1.807) is 47.6 Å². The van der Waals surface area contributed by atoms with Crippen LogP contribution in [0.2, 0.25) is 0 Å². The van der Waals surface area contributed by atoms with Gasteiger partial charge >= 0.3 is 12.2 Å². The maximum Gasteiger partial charge on any atom is 0.426 e. The van der Waals surface area contributed by atoms with Crippen molar-refractivity contribution in [2.45, 2.75) is 78.0 Å². The molecule has 2 aliphatic rings. The van der Waals surface area contributed by atoms with Crippen molar-refractivity contribution < 1.29 is 28.2 Å². The van der Waals surface area contributed by atoms with Gasteiger partial charge in [-0.25, -0.2) is 19.4 Å². The van der Waals surface area contributed by atoms with Crippen molar-refractivity contribution in [3.8, 4) is 0 Å². The van der Waals surface area contributed by atoms with Crippen LogP contribution in [0.25, 0.3) is 0 Å². The topological polar surface area (TPSA) is 121 Å². The molecule has 0 spiro atoms. The summed E-state index contributed by atoms with van der Waals surface area (Å²) < 4.78 is 25.6. The molecule has 0 radical (unpaired) electrons. The lowest BCUT2D eigenvalue weighted by atomic mass is 10.1. The monoisotopic (exact) mass is 507 g/mol. The molecule has 3 rings (SSSR count). The second kappa shape index (κ2) is 10.8. The largest absolute Gasteiger partial charge is 0.444 e. The van der Waals surface area contributed by atoms with Gasteiger partial charge in [0.15, 0.2) is 0 Å². The molecular weight excluding hydrogens is 469 g/mol. The van der Waals surface area contributed by atoms with Gasteiger partial charge in [-0.1, -0.05) is 0 Å². The average molecular weight is 508 g/mol. The van der Waals surface area contributed by atoms with E-state index in [-0.39, 0.29) is 17.5 Å². The smallest absolute Gasteiger partial charge is 0.426 e. The standard InChI is InChI=1S/C25H38FN5O5/c1-24(2,3)35-22(33)27-13-15-9-10-31(14-15)20-12-19(28-16-7-8-16)17(11-18(20)26)21(32)29-30-23(34)36-25(4,5)6/h11-12,15-16,28H,7-10,13-14H2,1-6H3,(H,27,33)(H,29,32)(H,30,34). The zero-order valence-electron chi connectivity index (χ0n) is 21.9. The normalized spacial score (nSPS) is 17.9. The van der Waals surface area contributed by atoms with Gasteiger partial charge in [0.2, 0.25) is 0 Å². The van der Waals surface area contributed by atoms with Crippen LogP contribution in [0.4, 0.5) is 25.4 Å². The Bertz CT molecular complexity index is 984. The van der Waals surface area contributed by atoms with Crippen molar-refractivity contribution in [2.75, 3.05) is 29.9 Å². The highest BCUT2D eigenvalue weighted by atomic mass is 19.1. The van der Waals surface area contributed by atoms with E-state index in [4.69, 9.17) is 9.47 Å². The van der Waals surface area contributed by atoms with Crippen LogP contribution in [-0.4, -0.2) is 55.0 Å². The molecule has 11 heteroatoms. The van der Waals surface area contributed by atoms with Crippen LogP contribution in [0.3, 0.4) is 0 Å². The predicted molar refractivity (Wildman–Crippen MR) is 134 cm³/mol. The van der Waals surface area contributed by atoms with E-state index in [1.807, 2.05) is 4.90 Å². The molecule has 1 saturated carbocycles. The first-order valence-corrected chi connectivity index (χ1v) is 12.3. The number of nitrogens with zero attached hydrogens (tertiary/aromatic N) is 1. The van der Waals surface area contributed by atoms with Crippen molar-refractivity contribution in [1.82, 2.24) is 16.2 Å². The SMILES string of the molecule is CC(C)(C)OC(=O)NCC1CCN(c2cc(NC3CC3)c(C(=O)NNC(=O)OC(C)(C)C)cc2F)C1. The highest BCUT2D eigenvalue weighted by molar-refractivity contribution is 6.01. The number of alkyl carbamates (subject to hydrolysis) is 1. The lowest BCUT2D eigenvalue weighted by Gasteiger charge is -2.23. The van der Waals surface area contributed by atoms with Crippen molar-refractivity contribution in [3.05, 3.63) is 23.5 Å². The molecule has 1 aromatic carbocycles.